The van der Waals surface area contributed by atoms with E-state index >= 15 is 0 Å². The van der Waals surface area contributed by atoms with E-state index in [1.165, 1.54) is 37.4 Å². The molecule has 2 aliphatic rings. The minimum absolute atomic E-state index is 0.109. The van der Waals surface area contributed by atoms with Crippen molar-refractivity contribution < 1.29 is 42.2 Å². The number of hydrogen-bond donors (Lipinski definition) is 4. The van der Waals surface area contributed by atoms with Crippen molar-refractivity contribution in [2.75, 3.05) is 25.6 Å². The number of primary sulfonamides is 1. The standard InChI is InChI=1S/C25H22N4O10S3/c1-38-15-8-11(2-7-14(15)39-10-16(30)27-12-3-5-13(6-4-12)42(26,36)37)18-19-21(40-22-20(18)41-25(35)28-22)24(34)29(23(19)33)9-17(31)32/h2-8,18-19,21H,9-10H2,1H3,(H,27,30)(H,28,35)(H,31,32)(H2,26,36,37)/t18-,19?,21?/m0/s1. The number of carboxylic acid groups (broad SMARTS) is 1. The number of ether oxygens (including phenoxy) is 2. The Morgan fingerprint density at radius 1 is 1.10 bits per heavy atom. The zero-order chi connectivity index (χ0) is 30.3. The van der Waals surface area contributed by atoms with Crippen molar-refractivity contribution in [3.63, 3.8) is 0 Å². The maximum atomic E-state index is 13.3. The number of aromatic amines is 1. The van der Waals surface area contributed by atoms with Gasteiger partial charge < -0.3 is 24.9 Å². The Kier molecular flexibility index (Phi) is 7.84. The van der Waals surface area contributed by atoms with Gasteiger partial charge in [0.05, 0.1) is 22.9 Å². The number of amides is 3. The Hall–Kier alpha value is -4.19. The van der Waals surface area contributed by atoms with E-state index in [1.54, 1.807) is 12.1 Å². The molecule has 0 radical (unpaired) electrons. The third-order valence-electron chi connectivity index (χ3n) is 6.58. The van der Waals surface area contributed by atoms with Gasteiger partial charge in [-0.05, 0) is 42.0 Å². The van der Waals surface area contributed by atoms with Gasteiger partial charge in [-0.2, -0.15) is 0 Å². The molecule has 2 unspecified atom stereocenters. The molecule has 3 atom stereocenters. The topological polar surface area (TPSA) is 215 Å². The van der Waals surface area contributed by atoms with Crippen LogP contribution >= 0.6 is 23.1 Å². The number of fused-ring (bicyclic) bond motifs is 2. The number of aliphatic carboxylic acids is 1. The first-order valence-electron chi connectivity index (χ1n) is 12.1. The Balaban J connectivity index is 1.37. The van der Waals surface area contributed by atoms with Crippen molar-refractivity contribution in [3.8, 4) is 11.5 Å². The number of nitrogens with two attached hydrogens (primary N) is 1. The van der Waals surface area contributed by atoms with E-state index in [1.807, 2.05) is 0 Å². The van der Waals surface area contributed by atoms with Gasteiger partial charge in [-0.1, -0.05) is 29.2 Å². The summed E-state index contributed by atoms with van der Waals surface area (Å²) in [4.78, 5) is 65.8. The summed E-state index contributed by atoms with van der Waals surface area (Å²) in [5.74, 6) is -4.48. The number of benzene rings is 2. The SMILES string of the molecule is COc1cc([C@@H]2c3sc(=O)[nH]c3SC3C(=O)N(CC(=O)O)C(=O)C32)ccc1OCC(=O)Nc1ccc(S(N)(=O)=O)cc1. The summed E-state index contributed by atoms with van der Waals surface area (Å²) in [7, 11) is -2.51. The molecule has 14 nitrogen and oxygen atoms in total. The van der Waals surface area contributed by atoms with E-state index in [9.17, 15) is 37.5 Å². The lowest BCUT2D eigenvalue weighted by Crippen LogP contribution is -2.36. The first-order valence-corrected chi connectivity index (χ1v) is 15.3. The van der Waals surface area contributed by atoms with Gasteiger partial charge >= 0.3 is 10.8 Å². The average Bonchev–Trinajstić information content (AvgIpc) is 3.42. The summed E-state index contributed by atoms with van der Waals surface area (Å²) in [6.07, 6.45) is 0. The van der Waals surface area contributed by atoms with Crippen LogP contribution in [0, 0.1) is 5.92 Å². The highest BCUT2D eigenvalue weighted by Crippen LogP contribution is 2.53. The Labute approximate surface area is 245 Å². The number of aromatic nitrogens is 1. The van der Waals surface area contributed by atoms with Crippen LogP contribution in [0.3, 0.4) is 0 Å². The third kappa shape index (κ3) is 5.63. The number of nitrogens with zero attached hydrogens (tertiary/aromatic N) is 1. The predicted octanol–water partition coefficient (Wildman–Crippen LogP) is 0.786. The number of likely N-dealkylation sites (tertiary alicyclic amines) is 1. The van der Waals surface area contributed by atoms with Crippen LogP contribution in [0.15, 0.2) is 57.2 Å². The number of thiazole rings is 1. The van der Waals surface area contributed by atoms with Crippen LogP contribution in [0.1, 0.15) is 16.4 Å². The van der Waals surface area contributed by atoms with Crippen molar-refractivity contribution in [2.45, 2.75) is 21.1 Å². The summed E-state index contributed by atoms with van der Waals surface area (Å²) < 4.78 is 33.9. The molecule has 5 rings (SSSR count). The summed E-state index contributed by atoms with van der Waals surface area (Å²) in [5, 5.41) is 16.4. The predicted molar refractivity (Wildman–Crippen MR) is 149 cm³/mol. The number of rotatable bonds is 9. The summed E-state index contributed by atoms with van der Waals surface area (Å²) in [5.41, 5.74) is 0.834. The van der Waals surface area contributed by atoms with Gasteiger partial charge in [-0.25, -0.2) is 13.6 Å². The van der Waals surface area contributed by atoms with Gasteiger partial charge in [0.1, 0.15) is 11.8 Å². The molecule has 3 heterocycles. The lowest BCUT2D eigenvalue weighted by molar-refractivity contribution is -0.149. The zero-order valence-corrected chi connectivity index (χ0v) is 24.0. The first-order chi connectivity index (χ1) is 19.9. The number of H-pyrrole nitrogens is 1. The molecule has 1 fully saturated rings. The molecule has 0 bridgehead atoms. The Bertz CT molecular complexity index is 1770. The fourth-order valence-electron chi connectivity index (χ4n) is 4.79. The second kappa shape index (κ2) is 11.2. The van der Waals surface area contributed by atoms with E-state index in [-0.39, 0.29) is 21.3 Å². The highest BCUT2D eigenvalue weighted by atomic mass is 32.2. The molecule has 5 N–H and O–H groups in total. The smallest absolute Gasteiger partial charge is 0.323 e. The molecule has 2 aromatic carbocycles. The molecule has 3 aromatic rings. The van der Waals surface area contributed by atoms with E-state index in [4.69, 9.17) is 14.6 Å². The van der Waals surface area contributed by atoms with Gasteiger partial charge in [-0.3, -0.25) is 28.9 Å². The van der Waals surface area contributed by atoms with E-state index in [0.717, 1.165) is 28.0 Å². The second-order valence-corrected chi connectivity index (χ2v) is 13.0. The maximum absolute atomic E-state index is 13.3. The average molecular weight is 635 g/mol. The highest BCUT2D eigenvalue weighted by molar-refractivity contribution is 8.00. The van der Waals surface area contributed by atoms with Crippen LogP contribution in [0.5, 0.6) is 11.5 Å². The number of hydrogen-bond acceptors (Lipinski definition) is 11. The van der Waals surface area contributed by atoms with Crippen molar-refractivity contribution in [1.29, 1.82) is 0 Å². The van der Waals surface area contributed by atoms with Crippen LogP contribution in [-0.4, -0.2) is 72.6 Å². The number of imide groups is 1. The minimum Gasteiger partial charge on any atom is -0.493 e. The maximum Gasteiger partial charge on any atom is 0.323 e. The van der Waals surface area contributed by atoms with Crippen molar-refractivity contribution in [2.24, 2.45) is 11.1 Å². The number of carboxylic acids is 1. The van der Waals surface area contributed by atoms with Crippen molar-refractivity contribution in [3.05, 3.63) is 62.6 Å². The lowest BCUT2D eigenvalue weighted by atomic mass is 9.83. The number of sulfonamides is 1. The lowest BCUT2D eigenvalue weighted by Gasteiger charge is -2.30. The first kappa shape index (κ1) is 29.3. The van der Waals surface area contributed by atoms with Crippen LogP contribution in [0.25, 0.3) is 0 Å². The summed E-state index contributed by atoms with van der Waals surface area (Å²) in [6.45, 7) is -1.20. The molecule has 3 amide bonds. The third-order valence-corrected chi connectivity index (χ3v) is 9.91. The number of methoxy groups -OCH3 is 1. The molecule has 220 valence electrons. The quantitative estimate of drug-likeness (QED) is 0.241. The molecular formula is C25H22N4O10S3. The molecular weight excluding hydrogens is 612 g/mol. The molecule has 0 aliphatic carbocycles. The van der Waals surface area contributed by atoms with E-state index in [0.29, 0.717) is 21.2 Å². The second-order valence-electron chi connectivity index (χ2n) is 9.22. The van der Waals surface area contributed by atoms with E-state index < -0.39 is 64.0 Å². The van der Waals surface area contributed by atoms with Gasteiger partial charge in [0.25, 0.3) is 5.91 Å². The minimum atomic E-state index is -3.88. The largest absolute Gasteiger partial charge is 0.493 e. The van der Waals surface area contributed by atoms with Crippen LogP contribution in [-0.2, 0) is 29.2 Å². The van der Waals surface area contributed by atoms with Crippen molar-refractivity contribution in [1.82, 2.24) is 9.88 Å². The molecule has 17 heteroatoms. The van der Waals surface area contributed by atoms with Crippen molar-refractivity contribution >= 4 is 62.5 Å². The molecule has 2 aliphatic heterocycles. The Morgan fingerprint density at radius 2 is 1.81 bits per heavy atom. The van der Waals surface area contributed by atoms with Crippen LogP contribution < -0.4 is 24.8 Å². The molecule has 0 saturated carbocycles. The van der Waals surface area contributed by atoms with Gasteiger partial charge in [0.15, 0.2) is 18.1 Å². The van der Waals surface area contributed by atoms with Gasteiger partial charge in [0.2, 0.25) is 21.8 Å². The van der Waals surface area contributed by atoms with E-state index in [2.05, 4.69) is 10.3 Å². The number of anilines is 1. The number of carbonyl (C=O) groups is 4. The molecule has 0 spiro atoms. The Morgan fingerprint density at radius 3 is 2.45 bits per heavy atom. The van der Waals surface area contributed by atoms with Gasteiger partial charge in [0, 0.05) is 16.5 Å². The fourth-order valence-corrected chi connectivity index (χ4v) is 7.84. The zero-order valence-electron chi connectivity index (χ0n) is 21.6. The number of nitrogens with one attached hydrogen (secondary N) is 2. The number of thioether (sulfide) groups is 1. The molecule has 1 aromatic heterocycles. The summed E-state index contributed by atoms with van der Waals surface area (Å²) in [6, 6.07) is 9.95. The van der Waals surface area contributed by atoms with Crippen LogP contribution in [0.2, 0.25) is 0 Å². The molecule has 42 heavy (non-hydrogen) atoms. The monoisotopic (exact) mass is 634 g/mol. The van der Waals surface area contributed by atoms with Crippen LogP contribution in [0.4, 0.5) is 5.69 Å². The van der Waals surface area contributed by atoms with Gasteiger partial charge in [-0.15, -0.1) is 0 Å². The molecule has 1 saturated heterocycles. The highest BCUT2D eigenvalue weighted by Gasteiger charge is 2.56. The number of carbonyl (C=O) groups excluding carboxylic acids is 3. The normalized spacial score (nSPS) is 19.7. The summed E-state index contributed by atoms with van der Waals surface area (Å²) >= 11 is 1.93. The fraction of sp³-hybridized carbons (Fsp3) is 0.240.